The van der Waals surface area contributed by atoms with Gasteiger partial charge in [-0.3, -0.25) is 0 Å². The van der Waals surface area contributed by atoms with Crippen LogP contribution in [0.4, 0.5) is 10.1 Å². The summed E-state index contributed by atoms with van der Waals surface area (Å²) >= 11 is 0. The molecule has 0 radical (unpaired) electrons. The van der Waals surface area contributed by atoms with Crippen molar-refractivity contribution in [3.05, 3.63) is 53.3 Å². The lowest BCUT2D eigenvalue weighted by Gasteiger charge is -2.10. The lowest BCUT2D eigenvalue weighted by molar-refractivity contribution is 0.482. The van der Waals surface area contributed by atoms with Gasteiger partial charge < -0.3 is 10.5 Å². The molecule has 0 amide bonds. The van der Waals surface area contributed by atoms with E-state index in [1.807, 2.05) is 6.07 Å². The van der Waals surface area contributed by atoms with E-state index in [0.29, 0.717) is 22.6 Å². The number of hydrogen-bond acceptors (Lipinski definition) is 3. The third kappa shape index (κ3) is 2.41. The Morgan fingerprint density at radius 1 is 1.28 bits per heavy atom. The number of rotatable bonds is 2. The van der Waals surface area contributed by atoms with E-state index in [1.54, 1.807) is 31.2 Å². The topological polar surface area (TPSA) is 59.0 Å². The van der Waals surface area contributed by atoms with Crippen LogP contribution in [0.25, 0.3) is 0 Å². The summed E-state index contributed by atoms with van der Waals surface area (Å²) in [6.45, 7) is 1.63. The normalized spacial score (nSPS) is 9.83. The van der Waals surface area contributed by atoms with Crippen molar-refractivity contribution in [1.82, 2.24) is 0 Å². The summed E-state index contributed by atoms with van der Waals surface area (Å²) in [4.78, 5) is 0. The van der Waals surface area contributed by atoms with Crippen LogP contribution in [-0.4, -0.2) is 0 Å². The molecule has 2 aromatic carbocycles. The zero-order valence-electron chi connectivity index (χ0n) is 9.77. The number of nitrogens with two attached hydrogens (primary N) is 1. The number of nitriles is 1. The van der Waals surface area contributed by atoms with E-state index in [2.05, 4.69) is 0 Å². The molecule has 2 rings (SSSR count). The molecule has 90 valence electrons. The first-order valence-corrected chi connectivity index (χ1v) is 5.34. The highest BCUT2D eigenvalue weighted by molar-refractivity contribution is 5.56. The van der Waals surface area contributed by atoms with Crippen LogP contribution in [0.2, 0.25) is 0 Å². The van der Waals surface area contributed by atoms with Crippen molar-refractivity contribution in [3.8, 4) is 17.6 Å². The van der Waals surface area contributed by atoms with Crippen molar-refractivity contribution >= 4 is 5.69 Å². The molecule has 0 unspecified atom stereocenters. The molecular weight excluding hydrogens is 231 g/mol. The van der Waals surface area contributed by atoms with Gasteiger partial charge in [-0.05, 0) is 36.8 Å². The molecule has 18 heavy (non-hydrogen) atoms. The number of halogens is 1. The third-order valence-corrected chi connectivity index (χ3v) is 2.48. The van der Waals surface area contributed by atoms with Gasteiger partial charge in [0.2, 0.25) is 0 Å². The molecule has 0 aromatic heterocycles. The van der Waals surface area contributed by atoms with E-state index in [1.165, 1.54) is 12.1 Å². The van der Waals surface area contributed by atoms with E-state index < -0.39 is 0 Å². The fraction of sp³-hybridized carbons (Fsp3) is 0.0714. The minimum Gasteiger partial charge on any atom is -0.455 e. The van der Waals surface area contributed by atoms with Gasteiger partial charge >= 0.3 is 0 Å². The maximum absolute atomic E-state index is 13.2. The minimum absolute atomic E-state index is 0.223. The van der Waals surface area contributed by atoms with Crippen molar-refractivity contribution in [2.45, 2.75) is 6.92 Å². The highest BCUT2D eigenvalue weighted by Crippen LogP contribution is 2.30. The molecule has 0 fully saturated rings. The van der Waals surface area contributed by atoms with E-state index in [9.17, 15) is 4.39 Å². The number of anilines is 1. The second kappa shape index (κ2) is 4.76. The van der Waals surface area contributed by atoms with E-state index in [0.717, 1.165) is 0 Å². The molecule has 0 bridgehead atoms. The van der Waals surface area contributed by atoms with Crippen LogP contribution in [0.5, 0.6) is 11.5 Å². The number of benzene rings is 2. The predicted octanol–water partition coefficient (Wildman–Crippen LogP) is 3.38. The van der Waals surface area contributed by atoms with Crippen LogP contribution < -0.4 is 10.5 Å². The van der Waals surface area contributed by atoms with Crippen LogP contribution in [0.15, 0.2) is 36.4 Å². The Kier molecular flexibility index (Phi) is 3.16. The van der Waals surface area contributed by atoms with Gasteiger partial charge in [-0.1, -0.05) is 6.07 Å². The van der Waals surface area contributed by atoms with Crippen LogP contribution in [0.3, 0.4) is 0 Å². The van der Waals surface area contributed by atoms with Crippen LogP contribution >= 0.6 is 0 Å². The Morgan fingerprint density at radius 2 is 2.06 bits per heavy atom. The van der Waals surface area contributed by atoms with Gasteiger partial charge in [-0.15, -0.1) is 0 Å². The number of aryl methyl sites for hydroxylation is 1. The Balaban J connectivity index is 2.34. The fourth-order valence-electron chi connectivity index (χ4n) is 1.51. The molecule has 2 aromatic rings. The zero-order valence-corrected chi connectivity index (χ0v) is 9.77. The molecule has 2 N–H and O–H groups in total. The number of ether oxygens (including phenoxy) is 1. The molecule has 0 heterocycles. The second-order valence-electron chi connectivity index (χ2n) is 3.88. The fourth-order valence-corrected chi connectivity index (χ4v) is 1.51. The van der Waals surface area contributed by atoms with Gasteiger partial charge in [0.25, 0.3) is 0 Å². The summed E-state index contributed by atoms with van der Waals surface area (Å²) in [5.41, 5.74) is 6.85. The van der Waals surface area contributed by atoms with Crippen molar-refractivity contribution in [1.29, 1.82) is 5.26 Å². The highest BCUT2D eigenvalue weighted by atomic mass is 19.1. The predicted molar refractivity (Wildman–Crippen MR) is 66.8 cm³/mol. The van der Waals surface area contributed by atoms with Gasteiger partial charge in [0.05, 0.1) is 17.3 Å². The maximum Gasteiger partial charge on any atom is 0.150 e. The largest absolute Gasteiger partial charge is 0.455 e. The first kappa shape index (κ1) is 11.9. The third-order valence-electron chi connectivity index (χ3n) is 2.48. The van der Waals surface area contributed by atoms with Crippen LogP contribution in [-0.2, 0) is 0 Å². The van der Waals surface area contributed by atoms with Crippen molar-refractivity contribution in [3.63, 3.8) is 0 Å². The van der Waals surface area contributed by atoms with E-state index >= 15 is 0 Å². The monoisotopic (exact) mass is 242 g/mol. The summed E-state index contributed by atoms with van der Waals surface area (Å²) in [7, 11) is 0. The quantitative estimate of drug-likeness (QED) is 0.821. The molecule has 0 aliphatic rings. The average Bonchev–Trinajstić information content (AvgIpc) is 2.36. The highest BCUT2D eigenvalue weighted by Gasteiger charge is 2.07. The molecule has 4 heteroatoms. The standard InChI is InChI=1S/C14H11FN2O/c1-9-5-14(13(17)7-12(9)15)18-11-4-2-3-10(6-11)8-16/h2-7H,17H2,1H3. The zero-order chi connectivity index (χ0) is 13.1. The summed E-state index contributed by atoms with van der Waals surface area (Å²) in [6, 6.07) is 11.5. The van der Waals surface area contributed by atoms with Crippen LogP contribution in [0.1, 0.15) is 11.1 Å². The lowest BCUT2D eigenvalue weighted by atomic mass is 10.2. The van der Waals surface area contributed by atoms with Crippen LogP contribution in [0, 0.1) is 24.1 Å². The van der Waals surface area contributed by atoms with Crippen molar-refractivity contribution in [2.24, 2.45) is 0 Å². The molecular formula is C14H11FN2O. The SMILES string of the molecule is Cc1cc(Oc2cccc(C#N)c2)c(N)cc1F. The van der Waals surface area contributed by atoms with Gasteiger partial charge in [-0.25, -0.2) is 4.39 Å². The Bertz CT molecular complexity index is 632. The molecule has 0 aliphatic heterocycles. The average molecular weight is 242 g/mol. The summed E-state index contributed by atoms with van der Waals surface area (Å²) in [5, 5.41) is 8.78. The second-order valence-corrected chi connectivity index (χ2v) is 3.88. The minimum atomic E-state index is -0.370. The van der Waals surface area contributed by atoms with Gasteiger partial charge in [0, 0.05) is 6.07 Å². The Morgan fingerprint density at radius 3 is 2.78 bits per heavy atom. The lowest BCUT2D eigenvalue weighted by Crippen LogP contribution is -1.95. The smallest absolute Gasteiger partial charge is 0.150 e. The van der Waals surface area contributed by atoms with E-state index in [4.69, 9.17) is 15.7 Å². The number of nitrogens with zero attached hydrogens (tertiary/aromatic N) is 1. The first-order valence-electron chi connectivity index (χ1n) is 5.34. The Labute approximate surface area is 104 Å². The maximum atomic E-state index is 13.2. The number of nitrogen functional groups attached to an aromatic ring is 1. The van der Waals surface area contributed by atoms with Crippen molar-refractivity contribution in [2.75, 3.05) is 5.73 Å². The molecule has 0 saturated carbocycles. The van der Waals surface area contributed by atoms with Gasteiger partial charge in [0.15, 0.2) is 5.75 Å². The number of hydrogen-bond donors (Lipinski definition) is 1. The molecule has 3 nitrogen and oxygen atoms in total. The first-order chi connectivity index (χ1) is 8.60. The Hall–Kier alpha value is -2.54. The van der Waals surface area contributed by atoms with E-state index in [-0.39, 0.29) is 11.5 Å². The molecule has 0 saturated heterocycles. The molecule has 0 aliphatic carbocycles. The van der Waals surface area contributed by atoms with Gasteiger partial charge in [0.1, 0.15) is 11.6 Å². The van der Waals surface area contributed by atoms with Crippen molar-refractivity contribution < 1.29 is 9.13 Å². The summed E-state index contributed by atoms with van der Waals surface area (Å²) in [5.74, 6) is 0.501. The van der Waals surface area contributed by atoms with Gasteiger partial charge in [-0.2, -0.15) is 5.26 Å². The molecule has 0 atom stereocenters. The summed E-state index contributed by atoms with van der Waals surface area (Å²) in [6.07, 6.45) is 0. The summed E-state index contributed by atoms with van der Waals surface area (Å²) < 4.78 is 18.8. The molecule has 0 spiro atoms.